The highest BCUT2D eigenvalue weighted by molar-refractivity contribution is 5.85. The molecular weight excluding hydrogens is 262 g/mol. The maximum absolute atomic E-state index is 4.30. The van der Waals surface area contributed by atoms with Crippen LogP contribution in [-0.2, 0) is 12.1 Å². The summed E-state index contributed by atoms with van der Waals surface area (Å²) in [6.45, 7) is 13.9. The Morgan fingerprint density at radius 3 is 2.32 bits per heavy atom. The van der Waals surface area contributed by atoms with Gasteiger partial charge >= 0.3 is 0 Å². The number of piperazine rings is 1. The van der Waals surface area contributed by atoms with E-state index in [0.29, 0.717) is 12.1 Å². The Balaban J connectivity index is 0.00000180. The quantitative estimate of drug-likeness (QED) is 0.898. The van der Waals surface area contributed by atoms with Crippen molar-refractivity contribution in [3.63, 3.8) is 0 Å². The third kappa shape index (κ3) is 3.91. The second kappa shape index (κ2) is 6.20. The molecule has 0 aliphatic carbocycles. The molecule has 1 aromatic rings. The van der Waals surface area contributed by atoms with Crippen LogP contribution in [0.3, 0.4) is 0 Å². The van der Waals surface area contributed by atoms with E-state index in [-0.39, 0.29) is 17.9 Å². The zero-order valence-corrected chi connectivity index (χ0v) is 13.4. The van der Waals surface area contributed by atoms with E-state index in [1.807, 2.05) is 4.68 Å². The Morgan fingerprint density at radius 2 is 1.84 bits per heavy atom. The van der Waals surface area contributed by atoms with Gasteiger partial charge in [-0.25, -0.2) is 4.68 Å². The van der Waals surface area contributed by atoms with Crippen molar-refractivity contribution in [2.45, 2.75) is 58.8 Å². The van der Waals surface area contributed by atoms with Gasteiger partial charge in [0.2, 0.25) is 0 Å². The van der Waals surface area contributed by atoms with Gasteiger partial charge < -0.3 is 5.32 Å². The molecule has 0 saturated carbocycles. The zero-order valence-electron chi connectivity index (χ0n) is 12.6. The van der Waals surface area contributed by atoms with E-state index in [0.717, 1.165) is 25.3 Å². The second-order valence-electron chi connectivity index (χ2n) is 6.35. The molecule has 5 nitrogen and oxygen atoms in total. The molecule has 110 valence electrons. The van der Waals surface area contributed by atoms with Crippen LogP contribution >= 0.6 is 12.4 Å². The molecule has 1 N–H and O–H groups in total. The highest BCUT2D eigenvalue weighted by Gasteiger charge is 2.25. The van der Waals surface area contributed by atoms with Crippen molar-refractivity contribution in [2.75, 3.05) is 13.1 Å². The third-order valence-electron chi connectivity index (χ3n) is 3.58. The molecule has 0 unspecified atom stereocenters. The van der Waals surface area contributed by atoms with Crippen LogP contribution in [0.1, 0.15) is 40.3 Å². The van der Waals surface area contributed by atoms with Crippen molar-refractivity contribution in [1.29, 1.82) is 0 Å². The Bertz CT molecular complexity index is 388. The van der Waals surface area contributed by atoms with Crippen LogP contribution in [-0.4, -0.2) is 45.1 Å². The molecule has 6 heteroatoms. The van der Waals surface area contributed by atoms with Gasteiger partial charge in [0.1, 0.15) is 0 Å². The molecule has 0 bridgehead atoms. The van der Waals surface area contributed by atoms with Crippen LogP contribution < -0.4 is 5.32 Å². The summed E-state index contributed by atoms with van der Waals surface area (Å²) in [6.07, 6.45) is 2.07. The van der Waals surface area contributed by atoms with Crippen molar-refractivity contribution in [3.05, 3.63) is 11.9 Å². The van der Waals surface area contributed by atoms with Gasteiger partial charge in [-0.1, -0.05) is 5.21 Å². The first-order valence-corrected chi connectivity index (χ1v) is 6.76. The summed E-state index contributed by atoms with van der Waals surface area (Å²) in [5.41, 5.74) is 1.07. The van der Waals surface area contributed by atoms with E-state index in [1.165, 1.54) is 0 Å². The summed E-state index contributed by atoms with van der Waals surface area (Å²) in [4.78, 5) is 2.49. The molecule has 0 aromatic carbocycles. The Morgan fingerprint density at radius 1 is 1.26 bits per heavy atom. The molecule has 1 aromatic heterocycles. The van der Waals surface area contributed by atoms with Crippen LogP contribution in [0.4, 0.5) is 0 Å². The average molecular weight is 288 g/mol. The molecule has 0 spiro atoms. The largest absolute Gasteiger partial charge is 0.314 e. The van der Waals surface area contributed by atoms with E-state index in [1.54, 1.807) is 0 Å². The van der Waals surface area contributed by atoms with Gasteiger partial charge in [-0.15, -0.1) is 17.5 Å². The number of nitrogens with one attached hydrogen (secondary N) is 1. The molecule has 2 heterocycles. The average Bonchev–Trinajstić information content (AvgIpc) is 2.72. The first kappa shape index (κ1) is 16.4. The van der Waals surface area contributed by atoms with E-state index in [2.05, 4.69) is 61.3 Å². The molecule has 0 radical (unpaired) electrons. The van der Waals surface area contributed by atoms with Crippen LogP contribution in [0.25, 0.3) is 0 Å². The minimum Gasteiger partial charge on any atom is -0.314 e. The Kier molecular flexibility index (Phi) is 5.35. The van der Waals surface area contributed by atoms with Gasteiger partial charge in [0.25, 0.3) is 0 Å². The normalized spacial score (nSPS) is 25.1. The number of rotatable bonds is 2. The van der Waals surface area contributed by atoms with Crippen molar-refractivity contribution in [3.8, 4) is 0 Å². The van der Waals surface area contributed by atoms with Crippen molar-refractivity contribution < 1.29 is 0 Å². The molecule has 1 saturated heterocycles. The van der Waals surface area contributed by atoms with E-state index < -0.39 is 0 Å². The SMILES string of the molecule is C[C@@H]1CNC[C@H](C)N1Cc1cn(C(C)(C)C)nn1.Cl. The predicted molar refractivity (Wildman–Crippen MR) is 79.6 cm³/mol. The minimum atomic E-state index is 0. The van der Waals surface area contributed by atoms with Gasteiger partial charge in [-0.05, 0) is 34.6 Å². The fourth-order valence-corrected chi connectivity index (χ4v) is 2.37. The van der Waals surface area contributed by atoms with E-state index in [9.17, 15) is 0 Å². The molecule has 0 amide bonds. The lowest BCUT2D eigenvalue weighted by Crippen LogP contribution is -2.54. The lowest BCUT2D eigenvalue weighted by atomic mass is 10.1. The summed E-state index contributed by atoms with van der Waals surface area (Å²) in [6, 6.07) is 1.10. The number of nitrogens with zero attached hydrogens (tertiary/aromatic N) is 4. The summed E-state index contributed by atoms with van der Waals surface area (Å²) >= 11 is 0. The van der Waals surface area contributed by atoms with Gasteiger partial charge in [-0.2, -0.15) is 0 Å². The fourth-order valence-electron chi connectivity index (χ4n) is 2.37. The maximum atomic E-state index is 4.30. The number of halogens is 1. The van der Waals surface area contributed by atoms with Crippen molar-refractivity contribution in [2.24, 2.45) is 0 Å². The summed E-state index contributed by atoms with van der Waals surface area (Å²) in [5, 5.41) is 12.0. The highest BCUT2D eigenvalue weighted by Crippen LogP contribution is 2.16. The number of aromatic nitrogens is 3. The van der Waals surface area contributed by atoms with Crippen LogP contribution in [0.15, 0.2) is 6.20 Å². The molecule has 1 fully saturated rings. The Hall–Kier alpha value is -0.650. The summed E-state index contributed by atoms with van der Waals surface area (Å²) in [7, 11) is 0. The minimum absolute atomic E-state index is 0. The summed E-state index contributed by atoms with van der Waals surface area (Å²) < 4.78 is 1.94. The molecular formula is C13H26ClN5. The van der Waals surface area contributed by atoms with Crippen LogP contribution in [0.5, 0.6) is 0 Å². The predicted octanol–water partition coefficient (Wildman–Crippen LogP) is 1.64. The standard InChI is InChI=1S/C13H25N5.ClH/c1-10-6-14-7-11(2)17(10)8-12-9-18(16-15-12)13(3,4)5;/h9-11,14H,6-8H2,1-5H3;1H/t10-,11+;. The van der Waals surface area contributed by atoms with Gasteiger partial charge in [-0.3, -0.25) is 4.90 Å². The van der Waals surface area contributed by atoms with Gasteiger partial charge in [0.05, 0.1) is 17.4 Å². The van der Waals surface area contributed by atoms with Crippen LogP contribution in [0, 0.1) is 0 Å². The van der Waals surface area contributed by atoms with Gasteiger partial charge in [0.15, 0.2) is 0 Å². The topological polar surface area (TPSA) is 46.0 Å². The van der Waals surface area contributed by atoms with Crippen molar-refractivity contribution >= 4 is 12.4 Å². The maximum Gasteiger partial charge on any atom is 0.0967 e. The lowest BCUT2D eigenvalue weighted by Gasteiger charge is -2.38. The zero-order chi connectivity index (χ0) is 13.3. The molecule has 2 rings (SSSR count). The van der Waals surface area contributed by atoms with Crippen LogP contribution in [0.2, 0.25) is 0 Å². The van der Waals surface area contributed by atoms with E-state index >= 15 is 0 Å². The molecule has 1 aliphatic rings. The molecule has 19 heavy (non-hydrogen) atoms. The van der Waals surface area contributed by atoms with E-state index in [4.69, 9.17) is 0 Å². The smallest absolute Gasteiger partial charge is 0.0967 e. The summed E-state index contributed by atoms with van der Waals surface area (Å²) in [5.74, 6) is 0. The first-order chi connectivity index (χ1) is 8.38. The van der Waals surface area contributed by atoms with Gasteiger partial charge in [0, 0.05) is 31.7 Å². The van der Waals surface area contributed by atoms with Crippen molar-refractivity contribution in [1.82, 2.24) is 25.2 Å². The number of hydrogen-bond donors (Lipinski definition) is 1. The highest BCUT2D eigenvalue weighted by atomic mass is 35.5. The fraction of sp³-hybridized carbons (Fsp3) is 0.846. The number of hydrogen-bond acceptors (Lipinski definition) is 4. The molecule has 2 atom stereocenters. The monoisotopic (exact) mass is 287 g/mol. The first-order valence-electron chi connectivity index (χ1n) is 6.76. The Labute approximate surface area is 122 Å². The lowest BCUT2D eigenvalue weighted by molar-refractivity contribution is 0.107. The molecule has 1 aliphatic heterocycles. The third-order valence-corrected chi connectivity index (χ3v) is 3.58. The second-order valence-corrected chi connectivity index (χ2v) is 6.35.